The van der Waals surface area contributed by atoms with E-state index in [2.05, 4.69) is 252 Å². The number of rotatable bonds is 7. The predicted octanol–water partition coefficient (Wildman–Crippen LogP) is 16.7. The Morgan fingerprint density at radius 3 is 1.73 bits per heavy atom. The van der Waals surface area contributed by atoms with Gasteiger partial charge in [0.15, 0.2) is 0 Å². The fourth-order valence-corrected chi connectivity index (χ4v) is 9.69. The van der Waals surface area contributed by atoms with Crippen LogP contribution in [0.15, 0.2) is 243 Å². The van der Waals surface area contributed by atoms with Crippen molar-refractivity contribution in [1.82, 2.24) is 4.57 Å². The molecule has 2 heteroatoms. The maximum absolute atomic E-state index is 2.42. The van der Waals surface area contributed by atoms with E-state index in [9.17, 15) is 0 Å². The molecule has 0 unspecified atom stereocenters. The number of benzene rings is 11. The minimum atomic E-state index is 1.09. The maximum Gasteiger partial charge on any atom is 0.0547 e. The number of para-hydroxylation sites is 2. The molecule has 1 heterocycles. The van der Waals surface area contributed by atoms with Gasteiger partial charge in [-0.2, -0.15) is 0 Å². The third kappa shape index (κ3) is 5.96. The van der Waals surface area contributed by atoms with Crippen LogP contribution in [0.3, 0.4) is 0 Å². The smallest absolute Gasteiger partial charge is 0.0547 e. The first-order chi connectivity index (χ1) is 30.8. The standard InChI is InChI=1S/C60H40N2/c1-3-15-42(16-4-1)53-24-11-12-27-56(53)61(49-35-31-41(32-36-49)45-33-37-52-47(39-45)30-29-43-17-7-9-23-51(43)52)50-22-13-19-46(40-50)55-26-14-28-57-60(55)59-54-25-10-8-18-44(54)34-38-58(59)62(57)48-20-5-2-6-21-48/h1-40H. The number of nitrogens with zero attached hydrogens (tertiary/aromatic N) is 2. The summed E-state index contributed by atoms with van der Waals surface area (Å²) in [5.74, 6) is 0. The molecule has 0 atom stereocenters. The molecule has 1 aromatic heterocycles. The van der Waals surface area contributed by atoms with Crippen LogP contribution < -0.4 is 4.90 Å². The normalized spacial score (nSPS) is 11.5. The van der Waals surface area contributed by atoms with Gasteiger partial charge in [-0.15, -0.1) is 0 Å². The average Bonchev–Trinajstić information content (AvgIpc) is 3.70. The lowest BCUT2D eigenvalue weighted by Gasteiger charge is -2.28. The third-order valence-corrected chi connectivity index (χ3v) is 12.5. The molecule has 0 saturated heterocycles. The van der Waals surface area contributed by atoms with Crippen molar-refractivity contribution in [3.8, 4) is 39.1 Å². The van der Waals surface area contributed by atoms with Gasteiger partial charge >= 0.3 is 0 Å². The molecule has 2 nitrogen and oxygen atoms in total. The number of fused-ring (bicyclic) bond motifs is 8. The topological polar surface area (TPSA) is 8.17 Å². The zero-order valence-corrected chi connectivity index (χ0v) is 34.0. The zero-order chi connectivity index (χ0) is 41.0. The lowest BCUT2D eigenvalue weighted by Crippen LogP contribution is -2.11. The van der Waals surface area contributed by atoms with Crippen molar-refractivity contribution < 1.29 is 0 Å². The Morgan fingerprint density at radius 1 is 0.290 bits per heavy atom. The van der Waals surface area contributed by atoms with Crippen molar-refractivity contribution in [2.45, 2.75) is 0 Å². The Bertz CT molecular complexity index is 3620. The van der Waals surface area contributed by atoms with Crippen LogP contribution in [0.1, 0.15) is 0 Å². The van der Waals surface area contributed by atoms with Crippen molar-refractivity contribution in [1.29, 1.82) is 0 Å². The van der Waals surface area contributed by atoms with Crippen LogP contribution in [-0.2, 0) is 0 Å². The van der Waals surface area contributed by atoms with Gasteiger partial charge in [0.2, 0.25) is 0 Å². The van der Waals surface area contributed by atoms with Gasteiger partial charge in [0.05, 0.1) is 16.7 Å². The number of aromatic nitrogens is 1. The van der Waals surface area contributed by atoms with Crippen LogP contribution in [0.2, 0.25) is 0 Å². The Hall–Kier alpha value is -8.20. The van der Waals surface area contributed by atoms with Gasteiger partial charge in [-0.05, 0) is 121 Å². The van der Waals surface area contributed by atoms with E-state index < -0.39 is 0 Å². The summed E-state index contributed by atoms with van der Waals surface area (Å²) in [6.07, 6.45) is 0. The highest BCUT2D eigenvalue weighted by Crippen LogP contribution is 2.45. The molecule has 0 fully saturated rings. The monoisotopic (exact) mass is 788 g/mol. The predicted molar refractivity (Wildman–Crippen MR) is 264 cm³/mol. The lowest BCUT2D eigenvalue weighted by atomic mass is 9.96. The molecule has 12 aromatic rings. The van der Waals surface area contributed by atoms with E-state index in [0.29, 0.717) is 0 Å². The highest BCUT2D eigenvalue weighted by molar-refractivity contribution is 6.25. The van der Waals surface area contributed by atoms with Crippen molar-refractivity contribution >= 4 is 71.2 Å². The van der Waals surface area contributed by atoms with Crippen molar-refractivity contribution in [3.63, 3.8) is 0 Å². The van der Waals surface area contributed by atoms with Gasteiger partial charge < -0.3 is 9.47 Å². The summed E-state index contributed by atoms with van der Waals surface area (Å²) in [5.41, 5.74) is 13.9. The fraction of sp³-hybridized carbons (Fsp3) is 0. The van der Waals surface area contributed by atoms with Crippen LogP contribution in [0.4, 0.5) is 17.1 Å². The molecule has 0 bridgehead atoms. The molecule has 62 heavy (non-hydrogen) atoms. The van der Waals surface area contributed by atoms with E-state index in [1.165, 1.54) is 81.9 Å². The van der Waals surface area contributed by atoms with Crippen LogP contribution in [-0.4, -0.2) is 4.57 Å². The Kier molecular flexibility index (Phi) is 8.53. The SMILES string of the molecule is c1ccc(-c2ccccc2N(c2ccc(-c3ccc4c(ccc5ccccc54)c3)cc2)c2cccc(-c3cccc4c3c3c5ccccc5ccc3n4-c3ccccc3)c2)cc1. The molecule has 0 radical (unpaired) electrons. The lowest BCUT2D eigenvalue weighted by molar-refractivity contribution is 1.18. The largest absolute Gasteiger partial charge is 0.310 e. The molecule has 0 aliphatic rings. The van der Waals surface area contributed by atoms with Crippen molar-refractivity contribution in [2.24, 2.45) is 0 Å². The van der Waals surface area contributed by atoms with E-state index in [4.69, 9.17) is 0 Å². The van der Waals surface area contributed by atoms with E-state index in [0.717, 1.165) is 28.3 Å². The molecule has 0 aliphatic heterocycles. The van der Waals surface area contributed by atoms with Gasteiger partial charge in [-0.25, -0.2) is 0 Å². The van der Waals surface area contributed by atoms with Crippen LogP contribution in [0, 0.1) is 0 Å². The first-order valence-corrected chi connectivity index (χ1v) is 21.3. The fourth-order valence-electron chi connectivity index (χ4n) is 9.69. The number of hydrogen-bond acceptors (Lipinski definition) is 1. The Balaban J connectivity index is 1.04. The summed E-state index contributed by atoms with van der Waals surface area (Å²) in [5, 5.41) is 10.1. The van der Waals surface area contributed by atoms with E-state index in [1.54, 1.807) is 0 Å². The summed E-state index contributed by atoms with van der Waals surface area (Å²) in [6, 6.07) is 88.5. The average molecular weight is 789 g/mol. The molecule has 0 N–H and O–H groups in total. The van der Waals surface area contributed by atoms with E-state index >= 15 is 0 Å². The minimum Gasteiger partial charge on any atom is -0.310 e. The summed E-state index contributed by atoms with van der Waals surface area (Å²) >= 11 is 0. The van der Waals surface area contributed by atoms with Crippen LogP contribution in [0.5, 0.6) is 0 Å². The first kappa shape index (κ1) is 35.7. The Labute approximate surface area is 360 Å². The summed E-state index contributed by atoms with van der Waals surface area (Å²) in [4.78, 5) is 2.42. The summed E-state index contributed by atoms with van der Waals surface area (Å²) in [6.45, 7) is 0. The van der Waals surface area contributed by atoms with Crippen molar-refractivity contribution in [3.05, 3.63) is 243 Å². The second-order valence-corrected chi connectivity index (χ2v) is 16.1. The quantitative estimate of drug-likeness (QED) is 0.146. The summed E-state index contributed by atoms with van der Waals surface area (Å²) < 4.78 is 2.42. The molecule has 11 aromatic carbocycles. The molecular weight excluding hydrogens is 749 g/mol. The van der Waals surface area contributed by atoms with E-state index in [-0.39, 0.29) is 0 Å². The number of anilines is 3. The van der Waals surface area contributed by atoms with Gasteiger partial charge in [0, 0.05) is 33.4 Å². The van der Waals surface area contributed by atoms with Gasteiger partial charge in [0.25, 0.3) is 0 Å². The molecule has 0 saturated carbocycles. The third-order valence-electron chi connectivity index (χ3n) is 12.5. The zero-order valence-electron chi connectivity index (χ0n) is 34.0. The second kappa shape index (κ2) is 14.8. The molecule has 12 rings (SSSR count). The van der Waals surface area contributed by atoms with Crippen molar-refractivity contribution in [2.75, 3.05) is 4.90 Å². The Morgan fingerprint density at radius 2 is 0.887 bits per heavy atom. The number of hydrogen-bond donors (Lipinski definition) is 0. The van der Waals surface area contributed by atoms with Gasteiger partial charge in [-0.1, -0.05) is 182 Å². The second-order valence-electron chi connectivity index (χ2n) is 16.1. The van der Waals surface area contributed by atoms with Crippen LogP contribution in [0.25, 0.3) is 93.2 Å². The molecule has 0 aliphatic carbocycles. The minimum absolute atomic E-state index is 1.09. The van der Waals surface area contributed by atoms with Gasteiger partial charge in [-0.3, -0.25) is 0 Å². The molecule has 0 amide bonds. The highest BCUT2D eigenvalue weighted by Gasteiger charge is 2.21. The van der Waals surface area contributed by atoms with E-state index in [1.807, 2.05) is 0 Å². The first-order valence-electron chi connectivity index (χ1n) is 21.3. The molecule has 0 spiro atoms. The summed E-state index contributed by atoms with van der Waals surface area (Å²) in [7, 11) is 0. The molecule has 290 valence electrons. The highest BCUT2D eigenvalue weighted by atomic mass is 15.1. The van der Waals surface area contributed by atoms with Gasteiger partial charge in [0.1, 0.15) is 0 Å². The molecular formula is C60H40N2. The maximum atomic E-state index is 2.42. The van der Waals surface area contributed by atoms with Crippen LogP contribution >= 0.6 is 0 Å².